The summed E-state index contributed by atoms with van der Waals surface area (Å²) in [5.41, 5.74) is 1.27. The number of carbonyl (C=O) groups is 1. The van der Waals surface area contributed by atoms with Crippen LogP contribution in [0.3, 0.4) is 0 Å². The maximum absolute atomic E-state index is 13.5. The van der Waals surface area contributed by atoms with Gasteiger partial charge in [0.2, 0.25) is 0 Å². The summed E-state index contributed by atoms with van der Waals surface area (Å²) in [6.45, 7) is 3.07. The molecule has 0 heterocycles. The van der Waals surface area contributed by atoms with E-state index < -0.39 is 15.9 Å². The van der Waals surface area contributed by atoms with Gasteiger partial charge < -0.3 is 8.98 Å². The van der Waals surface area contributed by atoms with E-state index in [1.54, 1.807) is 19.1 Å². The van der Waals surface area contributed by atoms with E-state index in [9.17, 15) is 17.6 Å². The predicted molar refractivity (Wildman–Crippen MR) is 84.4 cm³/mol. The zero-order valence-corrected chi connectivity index (χ0v) is 13.7. The minimum atomic E-state index is -4.09. The molecule has 0 saturated heterocycles. The van der Waals surface area contributed by atoms with Crippen LogP contribution in [0, 0.1) is 12.7 Å². The van der Waals surface area contributed by atoms with E-state index in [1.165, 1.54) is 31.2 Å². The summed E-state index contributed by atoms with van der Waals surface area (Å²) in [6.07, 6.45) is 1.02. The van der Waals surface area contributed by atoms with E-state index in [4.69, 9.17) is 4.18 Å². The Morgan fingerprint density at radius 1 is 1.13 bits per heavy atom. The van der Waals surface area contributed by atoms with E-state index in [2.05, 4.69) is 0 Å². The summed E-state index contributed by atoms with van der Waals surface area (Å²) in [7, 11) is -4.09. The van der Waals surface area contributed by atoms with Crippen LogP contribution in [0.25, 0.3) is 0 Å². The average molecular weight is 336 g/mol. The summed E-state index contributed by atoms with van der Waals surface area (Å²) in [4.78, 5) is 10.7. The van der Waals surface area contributed by atoms with E-state index in [0.29, 0.717) is 18.4 Å². The first kappa shape index (κ1) is 17.1. The van der Waals surface area contributed by atoms with E-state index in [0.717, 1.165) is 11.6 Å². The second-order valence-electron chi connectivity index (χ2n) is 5.29. The van der Waals surface area contributed by atoms with Crippen molar-refractivity contribution < 1.29 is 21.8 Å². The summed E-state index contributed by atoms with van der Waals surface area (Å²) >= 11 is 0. The molecular formula is C17H17FO4S. The van der Waals surface area contributed by atoms with Gasteiger partial charge in [0.15, 0.2) is 0 Å². The minimum absolute atomic E-state index is 0.0919. The maximum atomic E-state index is 13.5. The molecular weight excluding hydrogens is 319 g/mol. The monoisotopic (exact) mass is 336 g/mol. The Labute approximate surface area is 135 Å². The molecule has 0 aliphatic carbocycles. The minimum Gasteiger partial charge on any atom is -0.379 e. The predicted octanol–water partition coefficient (Wildman–Crippen LogP) is 3.42. The third-order valence-corrected chi connectivity index (χ3v) is 4.57. The Morgan fingerprint density at radius 2 is 1.78 bits per heavy atom. The number of rotatable bonds is 6. The molecule has 0 amide bonds. The lowest BCUT2D eigenvalue weighted by molar-refractivity contribution is -0.116. The molecule has 0 bridgehead atoms. The maximum Gasteiger partial charge on any atom is 0.339 e. The number of aryl methyl sites for hydroxylation is 2. The molecule has 0 aromatic heterocycles. The molecule has 0 N–H and O–H groups in total. The highest BCUT2D eigenvalue weighted by molar-refractivity contribution is 7.87. The fourth-order valence-electron chi connectivity index (χ4n) is 1.94. The number of Topliss-reactive ketones (excluding diaryl/α,β-unsaturated/α-hetero) is 1. The molecule has 0 fully saturated rings. The number of ketones is 1. The molecule has 4 nitrogen and oxygen atoms in total. The summed E-state index contributed by atoms with van der Waals surface area (Å²) in [5.74, 6) is -0.374. The van der Waals surface area contributed by atoms with E-state index >= 15 is 0 Å². The van der Waals surface area contributed by atoms with Crippen molar-refractivity contribution in [2.75, 3.05) is 0 Å². The molecule has 0 spiro atoms. The van der Waals surface area contributed by atoms with Crippen LogP contribution in [0.15, 0.2) is 47.4 Å². The Balaban J connectivity index is 2.13. The molecule has 2 aromatic rings. The van der Waals surface area contributed by atoms with Crippen LogP contribution >= 0.6 is 0 Å². The van der Waals surface area contributed by atoms with Crippen molar-refractivity contribution in [3.63, 3.8) is 0 Å². The van der Waals surface area contributed by atoms with Gasteiger partial charge in [-0.3, -0.25) is 0 Å². The quantitative estimate of drug-likeness (QED) is 0.758. The molecule has 6 heteroatoms. The molecule has 0 unspecified atom stereocenters. The van der Waals surface area contributed by atoms with Crippen molar-refractivity contribution in [1.29, 1.82) is 0 Å². The first-order valence-electron chi connectivity index (χ1n) is 7.07. The number of carbonyl (C=O) groups excluding carboxylic acids is 1. The third kappa shape index (κ3) is 4.63. The normalized spacial score (nSPS) is 11.3. The van der Waals surface area contributed by atoms with E-state index in [-0.39, 0.29) is 16.4 Å². The van der Waals surface area contributed by atoms with Gasteiger partial charge in [-0.25, -0.2) is 4.39 Å². The third-order valence-electron chi connectivity index (χ3n) is 3.33. The Kier molecular flexibility index (Phi) is 5.15. The fourth-order valence-corrected chi connectivity index (χ4v) is 2.88. The number of halogens is 1. The van der Waals surface area contributed by atoms with Crippen LogP contribution < -0.4 is 4.18 Å². The molecule has 0 atom stereocenters. The Morgan fingerprint density at radius 3 is 2.35 bits per heavy atom. The summed E-state index contributed by atoms with van der Waals surface area (Å²) in [6, 6.07) is 10.0. The first-order chi connectivity index (χ1) is 10.8. The van der Waals surface area contributed by atoms with Gasteiger partial charge in [0.1, 0.15) is 22.2 Å². The van der Waals surface area contributed by atoms with Gasteiger partial charge in [-0.1, -0.05) is 18.2 Å². The fraction of sp³-hybridized carbons (Fsp3) is 0.235. The Hall–Kier alpha value is -2.21. The average Bonchev–Trinajstić information content (AvgIpc) is 2.49. The molecule has 122 valence electrons. The topological polar surface area (TPSA) is 60.4 Å². The second kappa shape index (κ2) is 6.91. The zero-order chi connectivity index (χ0) is 17.0. The second-order valence-corrected chi connectivity index (χ2v) is 6.84. The first-order valence-corrected chi connectivity index (χ1v) is 8.48. The highest BCUT2D eigenvalue weighted by Crippen LogP contribution is 2.21. The summed E-state index contributed by atoms with van der Waals surface area (Å²) < 4.78 is 42.8. The van der Waals surface area contributed by atoms with Gasteiger partial charge in [-0.05, 0) is 55.7 Å². The van der Waals surface area contributed by atoms with Crippen LogP contribution in [0.5, 0.6) is 5.75 Å². The van der Waals surface area contributed by atoms with Gasteiger partial charge in [0.25, 0.3) is 0 Å². The van der Waals surface area contributed by atoms with Crippen LogP contribution in [-0.2, 0) is 21.3 Å². The van der Waals surface area contributed by atoms with Crippen molar-refractivity contribution in [1.82, 2.24) is 0 Å². The van der Waals surface area contributed by atoms with Crippen molar-refractivity contribution in [2.45, 2.75) is 31.6 Å². The zero-order valence-electron chi connectivity index (χ0n) is 12.9. The number of hydrogen-bond donors (Lipinski definition) is 0. The van der Waals surface area contributed by atoms with Gasteiger partial charge >= 0.3 is 10.1 Å². The van der Waals surface area contributed by atoms with Crippen molar-refractivity contribution >= 4 is 15.9 Å². The van der Waals surface area contributed by atoms with Gasteiger partial charge in [0.05, 0.1) is 0 Å². The van der Waals surface area contributed by atoms with Crippen LogP contribution in [0.4, 0.5) is 4.39 Å². The lowest BCUT2D eigenvalue weighted by Crippen LogP contribution is -2.10. The summed E-state index contributed by atoms with van der Waals surface area (Å²) in [5, 5.41) is 0. The van der Waals surface area contributed by atoms with Gasteiger partial charge in [-0.15, -0.1) is 0 Å². The van der Waals surface area contributed by atoms with Crippen LogP contribution in [0.1, 0.15) is 24.5 Å². The van der Waals surface area contributed by atoms with E-state index in [1.807, 2.05) is 0 Å². The molecule has 23 heavy (non-hydrogen) atoms. The SMILES string of the molecule is CC(=O)CCc1ccc(OS(=O)(=O)c2ccc(C)c(F)c2)cc1. The standard InChI is InChI=1S/C17H17FO4S/c1-12-3-10-16(11-17(12)18)23(20,21)22-15-8-6-14(7-9-15)5-4-13(2)19/h3,6-11H,4-5H2,1-2H3. The highest BCUT2D eigenvalue weighted by Gasteiger charge is 2.18. The van der Waals surface area contributed by atoms with Crippen LogP contribution in [-0.4, -0.2) is 14.2 Å². The Bertz CT molecular complexity index is 811. The number of hydrogen-bond acceptors (Lipinski definition) is 4. The van der Waals surface area contributed by atoms with Gasteiger partial charge in [-0.2, -0.15) is 8.42 Å². The molecule has 0 saturated carbocycles. The molecule has 0 radical (unpaired) electrons. The molecule has 2 aromatic carbocycles. The van der Waals surface area contributed by atoms with Gasteiger partial charge in [0, 0.05) is 6.42 Å². The van der Waals surface area contributed by atoms with Crippen molar-refractivity contribution in [2.24, 2.45) is 0 Å². The van der Waals surface area contributed by atoms with Crippen LogP contribution in [0.2, 0.25) is 0 Å². The molecule has 0 aliphatic rings. The molecule has 0 aliphatic heterocycles. The molecule has 2 rings (SSSR count). The largest absolute Gasteiger partial charge is 0.379 e. The smallest absolute Gasteiger partial charge is 0.339 e. The highest BCUT2D eigenvalue weighted by atomic mass is 32.2. The lowest BCUT2D eigenvalue weighted by Gasteiger charge is -2.08. The number of benzene rings is 2. The van der Waals surface area contributed by atoms with Crippen molar-refractivity contribution in [3.05, 3.63) is 59.4 Å². The van der Waals surface area contributed by atoms with Crippen molar-refractivity contribution in [3.8, 4) is 5.75 Å². The lowest BCUT2D eigenvalue weighted by atomic mass is 10.1.